The highest BCUT2D eigenvalue weighted by molar-refractivity contribution is 5.77. The van der Waals surface area contributed by atoms with Gasteiger partial charge in [-0.05, 0) is 61.3 Å². The zero-order chi connectivity index (χ0) is 26.6. The van der Waals surface area contributed by atoms with E-state index in [1.807, 2.05) is 57.9 Å². The van der Waals surface area contributed by atoms with Crippen molar-refractivity contribution in [2.24, 2.45) is 12.5 Å². The van der Waals surface area contributed by atoms with Crippen molar-refractivity contribution in [3.8, 4) is 0 Å². The van der Waals surface area contributed by atoms with Gasteiger partial charge >= 0.3 is 0 Å². The molecule has 0 saturated heterocycles. The second-order valence-corrected chi connectivity index (χ2v) is 9.63. The first-order chi connectivity index (χ1) is 16.6. The van der Waals surface area contributed by atoms with E-state index < -0.39 is 0 Å². The van der Waals surface area contributed by atoms with Crippen molar-refractivity contribution >= 4 is 16.7 Å². The molecule has 2 aromatic rings. The van der Waals surface area contributed by atoms with Gasteiger partial charge in [0, 0.05) is 36.1 Å². The van der Waals surface area contributed by atoms with Gasteiger partial charge in [0.1, 0.15) is 0 Å². The van der Waals surface area contributed by atoms with Crippen LogP contribution in [0.25, 0.3) is 16.7 Å². The van der Waals surface area contributed by atoms with Crippen LogP contribution in [0.4, 0.5) is 0 Å². The zero-order valence-electron chi connectivity index (χ0n) is 23.4. The van der Waals surface area contributed by atoms with Gasteiger partial charge in [-0.3, -0.25) is 4.68 Å². The summed E-state index contributed by atoms with van der Waals surface area (Å²) in [6.07, 6.45) is 13.5. The van der Waals surface area contributed by atoms with Gasteiger partial charge in [-0.25, -0.2) is 0 Å². The van der Waals surface area contributed by atoms with E-state index in [2.05, 4.69) is 87.3 Å². The van der Waals surface area contributed by atoms with Gasteiger partial charge in [-0.1, -0.05) is 96.4 Å². The lowest BCUT2D eigenvalue weighted by molar-refractivity contribution is 0.135. The first-order valence-electron chi connectivity index (χ1n) is 12.8. The van der Waals surface area contributed by atoms with Crippen molar-refractivity contribution < 1.29 is 0 Å². The minimum atomic E-state index is 0.488. The van der Waals surface area contributed by atoms with Gasteiger partial charge in [0.15, 0.2) is 0 Å². The number of allylic oxidation sites excluding steroid dienone is 6. The summed E-state index contributed by atoms with van der Waals surface area (Å²) >= 11 is 0. The van der Waals surface area contributed by atoms with Gasteiger partial charge in [-0.15, -0.1) is 0 Å². The first kappa shape index (κ1) is 30.0. The van der Waals surface area contributed by atoms with Gasteiger partial charge in [0.05, 0.1) is 6.20 Å². The highest BCUT2D eigenvalue weighted by atomic mass is 15.2. The van der Waals surface area contributed by atoms with Crippen LogP contribution in [0, 0.1) is 5.41 Å². The molecular weight excluding hydrogens is 426 g/mol. The van der Waals surface area contributed by atoms with Gasteiger partial charge in [0.25, 0.3) is 0 Å². The van der Waals surface area contributed by atoms with Crippen LogP contribution in [0.1, 0.15) is 84.4 Å². The Balaban J connectivity index is 0.000000332. The molecule has 1 aliphatic carbocycles. The van der Waals surface area contributed by atoms with Crippen molar-refractivity contribution in [3.05, 3.63) is 97.0 Å². The standard InChI is InChI=1S/C15H23N3.C15H18.C2H6/c1-6-14(12-9-16-18(5)10-12)11(2)17-13-7-15(3,4)8-13;1-5-8-13(6-2)15-10-7-9-14(11-15)12(3)4;1-2/h6,9-10,13,17H,2,7-8H2,1,3-5H3;6-11H,2-3,5H2,1,4H3;1-2H3/b14-6+;13-8+;. The molecule has 0 unspecified atom stereocenters. The fourth-order valence-electron chi connectivity index (χ4n) is 4.28. The molecule has 35 heavy (non-hydrogen) atoms. The number of nitrogens with one attached hydrogen (secondary N) is 1. The number of nitrogens with zero attached hydrogens (tertiary/aromatic N) is 2. The average molecular weight is 474 g/mol. The summed E-state index contributed by atoms with van der Waals surface area (Å²) in [6, 6.07) is 8.98. The van der Waals surface area contributed by atoms with Crippen LogP contribution >= 0.6 is 0 Å². The maximum atomic E-state index is 4.21. The normalized spacial score (nSPS) is 15.0. The van der Waals surface area contributed by atoms with Gasteiger partial charge in [-0.2, -0.15) is 5.10 Å². The Labute approximate surface area is 215 Å². The molecule has 0 aliphatic heterocycles. The molecular formula is C32H47N3. The maximum absolute atomic E-state index is 4.21. The Morgan fingerprint density at radius 3 is 2.26 bits per heavy atom. The summed E-state index contributed by atoms with van der Waals surface area (Å²) in [5, 5.41) is 7.74. The van der Waals surface area contributed by atoms with Crippen molar-refractivity contribution in [3.63, 3.8) is 0 Å². The fraction of sp³-hybridized carbons (Fsp3) is 0.406. The van der Waals surface area contributed by atoms with Crippen LogP contribution in [0.5, 0.6) is 0 Å². The molecule has 190 valence electrons. The zero-order valence-corrected chi connectivity index (χ0v) is 23.4. The molecule has 0 atom stereocenters. The van der Waals surface area contributed by atoms with E-state index in [0.717, 1.165) is 28.8 Å². The van der Waals surface area contributed by atoms with Crippen LogP contribution in [0.3, 0.4) is 0 Å². The van der Waals surface area contributed by atoms with E-state index in [1.54, 1.807) is 0 Å². The molecule has 1 aliphatic rings. The van der Waals surface area contributed by atoms with E-state index in [9.17, 15) is 0 Å². The predicted molar refractivity (Wildman–Crippen MR) is 157 cm³/mol. The quantitative estimate of drug-likeness (QED) is 0.388. The minimum Gasteiger partial charge on any atom is -0.382 e. The van der Waals surface area contributed by atoms with E-state index >= 15 is 0 Å². The SMILES string of the molecule is C=C(NC1CC(C)(C)C1)/C(=C\C)c1cnn(C)c1.C=C/C(=C\CC)c1cccc(C(=C)C)c1.CC. The molecule has 1 N–H and O–H groups in total. The van der Waals surface area contributed by atoms with Gasteiger partial charge < -0.3 is 5.32 Å². The topological polar surface area (TPSA) is 29.9 Å². The molecule has 0 bridgehead atoms. The van der Waals surface area contributed by atoms with Crippen molar-refractivity contribution in [2.45, 2.75) is 73.8 Å². The Bertz CT molecular complexity index is 1040. The molecule has 1 saturated carbocycles. The van der Waals surface area contributed by atoms with Crippen molar-refractivity contribution in [1.29, 1.82) is 0 Å². The lowest BCUT2D eigenvalue weighted by atomic mass is 9.68. The van der Waals surface area contributed by atoms with Crippen LogP contribution in [0.2, 0.25) is 0 Å². The molecule has 3 nitrogen and oxygen atoms in total. The monoisotopic (exact) mass is 473 g/mol. The average Bonchev–Trinajstić information content (AvgIpc) is 3.24. The molecule has 1 fully saturated rings. The summed E-state index contributed by atoms with van der Waals surface area (Å²) in [6.45, 7) is 26.8. The molecule has 3 rings (SSSR count). The van der Waals surface area contributed by atoms with Crippen LogP contribution in [0.15, 0.2) is 80.3 Å². The Morgan fingerprint density at radius 2 is 1.80 bits per heavy atom. The largest absolute Gasteiger partial charge is 0.382 e. The third-order valence-corrected chi connectivity index (χ3v) is 5.94. The molecule has 0 radical (unpaired) electrons. The van der Waals surface area contributed by atoms with Gasteiger partial charge in [0.2, 0.25) is 0 Å². The predicted octanol–water partition coefficient (Wildman–Crippen LogP) is 8.84. The molecule has 1 heterocycles. The molecule has 3 heteroatoms. The molecule has 1 aromatic heterocycles. The highest BCUT2D eigenvalue weighted by Gasteiger charge is 2.36. The maximum Gasteiger partial charge on any atom is 0.0568 e. The van der Waals surface area contributed by atoms with E-state index in [0.29, 0.717) is 11.5 Å². The summed E-state index contributed by atoms with van der Waals surface area (Å²) in [7, 11) is 1.93. The Kier molecular flexibility index (Phi) is 12.3. The summed E-state index contributed by atoms with van der Waals surface area (Å²) in [5.41, 5.74) is 8.46. The minimum absolute atomic E-state index is 0.488. The number of rotatable bonds is 8. The third-order valence-electron chi connectivity index (χ3n) is 5.94. The number of hydrogen-bond donors (Lipinski definition) is 1. The molecule has 0 spiro atoms. The van der Waals surface area contributed by atoms with Crippen molar-refractivity contribution in [1.82, 2.24) is 15.1 Å². The second kappa shape index (κ2) is 14.4. The van der Waals surface area contributed by atoms with Crippen LogP contribution in [-0.4, -0.2) is 15.8 Å². The third kappa shape index (κ3) is 9.24. The van der Waals surface area contributed by atoms with Crippen LogP contribution in [-0.2, 0) is 7.05 Å². The summed E-state index contributed by atoms with van der Waals surface area (Å²) in [5.74, 6) is 0. The number of benzene rings is 1. The number of aromatic nitrogens is 2. The first-order valence-corrected chi connectivity index (χ1v) is 12.8. The lowest BCUT2D eigenvalue weighted by Gasteiger charge is -2.43. The van der Waals surface area contributed by atoms with Crippen molar-refractivity contribution in [2.75, 3.05) is 0 Å². The molecule has 1 aromatic carbocycles. The summed E-state index contributed by atoms with van der Waals surface area (Å²) < 4.78 is 1.82. The number of hydrogen-bond acceptors (Lipinski definition) is 2. The van der Waals surface area contributed by atoms with E-state index in [-0.39, 0.29) is 0 Å². The molecule has 0 amide bonds. The summed E-state index contributed by atoms with van der Waals surface area (Å²) in [4.78, 5) is 0. The fourth-order valence-corrected chi connectivity index (χ4v) is 4.28. The second-order valence-electron chi connectivity index (χ2n) is 9.63. The van der Waals surface area contributed by atoms with E-state index in [4.69, 9.17) is 0 Å². The highest BCUT2D eigenvalue weighted by Crippen LogP contribution is 2.40. The lowest BCUT2D eigenvalue weighted by Crippen LogP contribution is -2.45. The smallest absolute Gasteiger partial charge is 0.0568 e. The Morgan fingerprint density at radius 1 is 1.17 bits per heavy atom. The Hall–Kier alpha value is -3.07. The van der Waals surface area contributed by atoms with Crippen LogP contribution < -0.4 is 5.32 Å². The number of aryl methyl sites for hydroxylation is 1. The van der Waals surface area contributed by atoms with E-state index in [1.165, 1.54) is 29.5 Å².